The van der Waals surface area contributed by atoms with Gasteiger partial charge in [-0.05, 0) is 64.2 Å². The van der Waals surface area contributed by atoms with Crippen LogP contribution in [0.1, 0.15) is 142 Å². The summed E-state index contributed by atoms with van der Waals surface area (Å²) in [6, 6.07) is -1.18. The van der Waals surface area contributed by atoms with Crippen molar-refractivity contribution in [1.82, 2.24) is 5.32 Å². The van der Waals surface area contributed by atoms with E-state index in [-0.39, 0.29) is 12.8 Å². The molecule has 11 nitrogen and oxygen atoms in total. The van der Waals surface area contributed by atoms with Gasteiger partial charge in [0.05, 0.1) is 25.4 Å². The standard InChI is InChI=1S/C38H71NO10/c1-3-5-7-9-11-13-15-17-19-21-23-25-30(41)33(43)29(28-48-38-36(46)35(45)34(44)32(27-40)49-38)39-37(47)31(42)26-24-22-20-18-16-14-12-10-8-6-4-2/h12,14,17,19,29-36,38,40-46H,3-11,13,15-16,18,20-28H2,1-2H3,(H,39,47)/b14-12-,19-17+. The van der Waals surface area contributed by atoms with Gasteiger partial charge in [0.25, 0.3) is 0 Å². The topological polar surface area (TPSA) is 189 Å². The maximum Gasteiger partial charge on any atom is 0.249 e. The lowest BCUT2D eigenvalue weighted by molar-refractivity contribution is -0.303. The minimum atomic E-state index is -1.67. The first-order chi connectivity index (χ1) is 23.7. The second kappa shape index (κ2) is 29.2. The normalized spacial score (nSPS) is 24.0. The van der Waals surface area contributed by atoms with Crippen molar-refractivity contribution in [2.75, 3.05) is 13.2 Å². The van der Waals surface area contributed by atoms with Crippen LogP contribution in [-0.4, -0.2) is 110 Å². The van der Waals surface area contributed by atoms with Crippen LogP contribution in [0.3, 0.4) is 0 Å². The molecule has 11 heteroatoms. The number of carbonyl (C=O) groups excluding carboxylic acids is 1. The molecule has 9 unspecified atom stereocenters. The number of amides is 1. The van der Waals surface area contributed by atoms with Gasteiger partial charge in [-0.3, -0.25) is 4.79 Å². The van der Waals surface area contributed by atoms with E-state index in [1.165, 1.54) is 51.4 Å². The zero-order valence-electron chi connectivity index (χ0n) is 30.4. The lowest BCUT2D eigenvalue weighted by atomic mass is 9.98. The largest absolute Gasteiger partial charge is 0.394 e. The molecule has 1 saturated heterocycles. The highest BCUT2D eigenvalue weighted by atomic mass is 16.7. The Bertz CT molecular complexity index is 856. The lowest BCUT2D eigenvalue weighted by Crippen LogP contribution is -2.60. The van der Waals surface area contributed by atoms with Crippen molar-refractivity contribution in [3.8, 4) is 0 Å². The second-order valence-electron chi connectivity index (χ2n) is 13.6. The Kier molecular flexibility index (Phi) is 27.2. The quantitative estimate of drug-likeness (QED) is 0.0396. The number of aliphatic hydroxyl groups is 7. The van der Waals surface area contributed by atoms with E-state index in [4.69, 9.17) is 9.47 Å². The molecule has 0 aliphatic carbocycles. The summed E-state index contributed by atoms with van der Waals surface area (Å²) in [5, 5.41) is 75.0. The molecule has 1 aliphatic rings. The molecule has 288 valence electrons. The smallest absolute Gasteiger partial charge is 0.249 e. The molecule has 0 saturated carbocycles. The van der Waals surface area contributed by atoms with Gasteiger partial charge in [-0.1, -0.05) is 102 Å². The minimum absolute atomic E-state index is 0.239. The highest BCUT2D eigenvalue weighted by Crippen LogP contribution is 2.23. The van der Waals surface area contributed by atoms with Crippen LogP contribution in [0.25, 0.3) is 0 Å². The molecule has 0 aromatic heterocycles. The van der Waals surface area contributed by atoms with Crippen molar-refractivity contribution >= 4 is 5.91 Å². The van der Waals surface area contributed by atoms with Crippen molar-refractivity contribution in [1.29, 1.82) is 0 Å². The van der Waals surface area contributed by atoms with Gasteiger partial charge in [0.2, 0.25) is 5.91 Å². The third-order valence-electron chi connectivity index (χ3n) is 9.23. The van der Waals surface area contributed by atoms with Crippen LogP contribution >= 0.6 is 0 Å². The average Bonchev–Trinajstić information content (AvgIpc) is 3.10. The van der Waals surface area contributed by atoms with Crippen LogP contribution in [0, 0.1) is 0 Å². The van der Waals surface area contributed by atoms with Crippen molar-refractivity contribution in [3.63, 3.8) is 0 Å². The van der Waals surface area contributed by atoms with Crippen LogP contribution in [0.2, 0.25) is 0 Å². The Morgan fingerprint density at radius 2 is 1.20 bits per heavy atom. The van der Waals surface area contributed by atoms with Crippen molar-refractivity contribution in [3.05, 3.63) is 24.3 Å². The molecule has 49 heavy (non-hydrogen) atoms. The zero-order chi connectivity index (χ0) is 36.3. The molecular weight excluding hydrogens is 630 g/mol. The highest BCUT2D eigenvalue weighted by Gasteiger charge is 2.44. The number of unbranched alkanes of at least 4 members (excludes halogenated alkanes) is 14. The molecule has 0 spiro atoms. The van der Waals surface area contributed by atoms with Gasteiger partial charge in [-0.15, -0.1) is 0 Å². The highest BCUT2D eigenvalue weighted by molar-refractivity contribution is 5.80. The summed E-state index contributed by atoms with van der Waals surface area (Å²) in [6.07, 6.45) is 16.8. The number of carbonyl (C=O) groups is 1. The van der Waals surface area contributed by atoms with E-state index >= 15 is 0 Å². The van der Waals surface area contributed by atoms with Crippen LogP contribution in [0.15, 0.2) is 24.3 Å². The molecular formula is C38H71NO10. The number of hydrogen-bond acceptors (Lipinski definition) is 10. The molecule has 0 aromatic rings. The molecule has 1 amide bonds. The van der Waals surface area contributed by atoms with Gasteiger partial charge in [0, 0.05) is 0 Å². The summed E-state index contributed by atoms with van der Waals surface area (Å²) >= 11 is 0. The maximum atomic E-state index is 12.9. The predicted octanol–water partition coefficient (Wildman–Crippen LogP) is 4.32. The second-order valence-corrected chi connectivity index (χ2v) is 13.6. The van der Waals surface area contributed by atoms with E-state index in [1.807, 2.05) is 0 Å². The predicted molar refractivity (Wildman–Crippen MR) is 192 cm³/mol. The maximum absolute atomic E-state index is 12.9. The van der Waals surface area contributed by atoms with Gasteiger partial charge >= 0.3 is 0 Å². The molecule has 0 bridgehead atoms. The van der Waals surface area contributed by atoms with Crippen LogP contribution in [0.5, 0.6) is 0 Å². The number of aliphatic hydroxyl groups excluding tert-OH is 7. The number of rotatable bonds is 30. The van der Waals surface area contributed by atoms with Crippen LogP contribution < -0.4 is 5.32 Å². The van der Waals surface area contributed by atoms with E-state index < -0.39 is 74.2 Å². The molecule has 1 rings (SSSR count). The number of hydrogen-bond donors (Lipinski definition) is 8. The number of allylic oxidation sites excluding steroid dienone is 4. The molecule has 8 N–H and O–H groups in total. The summed E-state index contributed by atoms with van der Waals surface area (Å²) in [7, 11) is 0. The van der Waals surface area contributed by atoms with E-state index in [9.17, 15) is 40.5 Å². The van der Waals surface area contributed by atoms with Gasteiger partial charge in [0.15, 0.2) is 6.29 Å². The summed E-state index contributed by atoms with van der Waals surface area (Å²) in [5.41, 5.74) is 0. The summed E-state index contributed by atoms with van der Waals surface area (Å²) < 4.78 is 11.0. The monoisotopic (exact) mass is 702 g/mol. The number of nitrogens with one attached hydrogen (secondary N) is 1. The van der Waals surface area contributed by atoms with Gasteiger partial charge in [-0.25, -0.2) is 0 Å². The minimum Gasteiger partial charge on any atom is -0.394 e. The first kappa shape index (κ1) is 45.6. The van der Waals surface area contributed by atoms with E-state index in [2.05, 4.69) is 43.5 Å². The Balaban J connectivity index is 2.62. The van der Waals surface area contributed by atoms with Gasteiger partial charge < -0.3 is 50.5 Å². The first-order valence-corrected chi connectivity index (χ1v) is 19.2. The number of ether oxygens (including phenoxy) is 2. The Labute approximate surface area is 295 Å². The molecule has 0 radical (unpaired) electrons. The SMILES string of the molecule is CCCCC/C=C\CCCCCCC(O)C(=O)NC(COC1OC(CO)C(O)C(O)C1O)C(O)C(O)CCC/C=C/CCCCCCCC. The summed E-state index contributed by atoms with van der Waals surface area (Å²) in [6.45, 7) is 3.32. The first-order valence-electron chi connectivity index (χ1n) is 19.2. The van der Waals surface area contributed by atoms with Gasteiger partial charge in [0.1, 0.15) is 36.6 Å². The average molecular weight is 702 g/mol. The molecule has 1 aliphatic heterocycles. The Hall–Kier alpha value is -1.41. The molecule has 0 aromatic carbocycles. The van der Waals surface area contributed by atoms with E-state index in [0.29, 0.717) is 12.8 Å². The Morgan fingerprint density at radius 1 is 0.694 bits per heavy atom. The fraction of sp³-hybridized carbons (Fsp3) is 0.868. The third-order valence-corrected chi connectivity index (χ3v) is 9.23. The zero-order valence-corrected chi connectivity index (χ0v) is 30.4. The summed E-state index contributed by atoms with van der Waals surface area (Å²) in [4.78, 5) is 12.9. The van der Waals surface area contributed by atoms with Crippen LogP contribution in [-0.2, 0) is 14.3 Å². The Morgan fingerprint density at radius 3 is 1.80 bits per heavy atom. The van der Waals surface area contributed by atoms with E-state index in [1.54, 1.807) is 0 Å². The fourth-order valence-corrected chi connectivity index (χ4v) is 5.90. The lowest BCUT2D eigenvalue weighted by Gasteiger charge is -2.40. The summed E-state index contributed by atoms with van der Waals surface area (Å²) in [5.74, 6) is -0.721. The van der Waals surface area contributed by atoms with Crippen molar-refractivity contribution in [2.45, 2.75) is 197 Å². The van der Waals surface area contributed by atoms with Crippen molar-refractivity contribution < 1.29 is 50.0 Å². The van der Waals surface area contributed by atoms with E-state index in [0.717, 1.165) is 51.4 Å². The molecule has 9 atom stereocenters. The van der Waals surface area contributed by atoms with Crippen LogP contribution in [0.4, 0.5) is 0 Å². The van der Waals surface area contributed by atoms with Gasteiger partial charge in [-0.2, -0.15) is 0 Å². The third kappa shape index (κ3) is 20.3. The molecule has 1 fully saturated rings. The van der Waals surface area contributed by atoms with Crippen molar-refractivity contribution in [2.24, 2.45) is 0 Å². The molecule has 1 heterocycles. The fourth-order valence-electron chi connectivity index (χ4n) is 5.90.